The van der Waals surface area contributed by atoms with Gasteiger partial charge in [-0.15, -0.1) is 10.2 Å². The Balaban J connectivity index is 2.26. The molecular weight excluding hydrogens is 226 g/mol. The Bertz CT molecular complexity index is 731. The van der Waals surface area contributed by atoms with Crippen LogP contribution in [0.3, 0.4) is 0 Å². The summed E-state index contributed by atoms with van der Waals surface area (Å²) in [5, 5.41) is 8.28. The maximum Gasteiger partial charge on any atom is 0.168 e. The van der Waals surface area contributed by atoms with Crippen LogP contribution in [-0.2, 0) is 0 Å². The van der Waals surface area contributed by atoms with E-state index in [4.69, 9.17) is 0 Å². The van der Waals surface area contributed by atoms with E-state index in [-0.39, 0.29) is 0 Å². The van der Waals surface area contributed by atoms with Gasteiger partial charge in [-0.25, -0.2) is 0 Å². The quantitative estimate of drug-likeness (QED) is 0.643. The van der Waals surface area contributed by atoms with Gasteiger partial charge in [0.15, 0.2) is 17.8 Å². The third-order valence-electron chi connectivity index (χ3n) is 2.84. The Labute approximate surface area is 104 Å². The molecule has 0 radical (unpaired) electrons. The van der Waals surface area contributed by atoms with Gasteiger partial charge in [-0.2, -0.15) is 0 Å². The number of nitrogens with zero attached hydrogens (tertiary/aromatic N) is 3. The van der Waals surface area contributed by atoms with E-state index >= 15 is 0 Å². The number of carbonyl (C=O) groups excluding carboxylic acids is 1. The lowest BCUT2D eigenvalue weighted by atomic mass is 10.1. The molecule has 0 amide bonds. The fourth-order valence-corrected chi connectivity index (χ4v) is 1.96. The number of hydrogen-bond donors (Lipinski definition) is 0. The zero-order chi connectivity index (χ0) is 12.5. The molecule has 0 aliphatic rings. The molecule has 3 rings (SSSR count). The van der Waals surface area contributed by atoms with Gasteiger partial charge in [-0.3, -0.25) is 9.20 Å². The van der Waals surface area contributed by atoms with Gasteiger partial charge in [0.1, 0.15) is 0 Å². The number of carbonyl (C=O) groups is 1. The second-order valence-corrected chi connectivity index (χ2v) is 4.20. The van der Waals surface area contributed by atoms with Crippen molar-refractivity contribution in [2.24, 2.45) is 0 Å². The van der Waals surface area contributed by atoms with Gasteiger partial charge in [-0.05, 0) is 25.1 Å². The molecule has 2 aromatic heterocycles. The first kappa shape index (κ1) is 10.7. The van der Waals surface area contributed by atoms with Crippen LogP contribution in [0.2, 0.25) is 0 Å². The number of hydrogen-bond acceptors (Lipinski definition) is 3. The SMILES string of the molecule is Cc1cccc(-c2nnc3ccc(C=O)cn23)c1. The zero-order valence-corrected chi connectivity index (χ0v) is 9.87. The van der Waals surface area contributed by atoms with E-state index in [9.17, 15) is 4.79 Å². The summed E-state index contributed by atoms with van der Waals surface area (Å²) < 4.78 is 1.83. The van der Waals surface area contributed by atoms with Gasteiger partial charge >= 0.3 is 0 Å². The number of fused-ring (bicyclic) bond motifs is 1. The van der Waals surface area contributed by atoms with Crippen molar-refractivity contribution in [2.75, 3.05) is 0 Å². The van der Waals surface area contributed by atoms with Crippen molar-refractivity contribution in [2.45, 2.75) is 6.92 Å². The van der Waals surface area contributed by atoms with Crippen LogP contribution in [0.4, 0.5) is 0 Å². The highest BCUT2D eigenvalue weighted by Gasteiger charge is 2.08. The predicted molar refractivity (Wildman–Crippen MR) is 68.5 cm³/mol. The van der Waals surface area contributed by atoms with Crippen molar-refractivity contribution in [1.82, 2.24) is 14.6 Å². The summed E-state index contributed by atoms with van der Waals surface area (Å²) in [7, 11) is 0. The fraction of sp³-hybridized carbons (Fsp3) is 0.0714. The van der Waals surface area contributed by atoms with E-state index in [1.807, 2.05) is 35.6 Å². The Morgan fingerprint density at radius 1 is 1.17 bits per heavy atom. The van der Waals surface area contributed by atoms with Crippen LogP contribution < -0.4 is 0 Å². The van der Waals surface area contributed by atoms with Gasteiger partial charge in [0.2, 0.25) is 0 Å². The number of aromatic nitrogens is 3. The highest BCUT2D eigenvalue weighted by molar-refractivity contribution is 5.75. The minimum absolute atomic E-state index is 0.608. The van der Waals surface area contributed by atoms with Crippen molar-refractivity contribution < 1.29 is 4.79 Å². The standard InChI is InChI=1S/C14H11N3O/c1-10-3-2-4-12(7-10)14-16-15-13-6-5-11(9-18)8-17(13)14/h2-9H,1H3. The first-order valence-electron chi connectivity index (χ1n) is 5.65. The lowest BCUT2D eigenvalue weighted by molar-refractivity contribution is 0.112. The first-order chi connectivity index (χ1) is 8.78. The molecule has 4 nitrogen and oxygen atoms in total. The highest BCUT2D eigenvalue weighted by atomic mass is 16.1. The van der Waals surface area contributed by atoms with Crippen LogP contribution in [0.15, 0.2) is 42.6 Å². The zero-order valence-electron chi connectivity index (χ0n) is 9.87. The lowest BCUT2D eigenvalue weighted by Crippen LogP contribution is -1.92. The van der Waals surface area contributed by atoms with Crippen LogP contribution in [0.1, 0.15) is 15.9 Å². The maximum absolute atomic E-state index is 10.8. The summed E-state index contributed by atoms with van der Waals surface area (Å²) >= 11 is 0. The number of rotatable bonds is 2. The van der Waals surface area contributed by atoms with Crippen LogP contribution in [0, 0.1) is 6.92 Å². The summed E-state index contributed by atoms with van der Waals surface area (Å²) in [6.07, 6.45) is 2.57. The molecule has 0 saturated carbocycles. The number of pyridine rings is 1. The van der Waals surface area contributed by atoms with Gasteiger partial charge in [0, 0.05) is 17.3 Å². The van der Waals surface area contributed by atoms with Crippen molar-refractivity contribution in [3.8, 4) is 11.4 Å². The van der Waals surface area contributed by atoms with E-state index in [0.29, 0.717) is 5.56 Å². The number of aryl methyl sites for hydroxylation is 1. The van der Waals surface area contributed by atoms with Crippen LogP contribution in [0.25, 0.3) is 17.0 Å². The Morgan fingerprint density at radius 3 is 2.83 bits per heavy atom. The van der Waals surface area contributed by atoms with Crippen LogP contribution >= 0.6 is 0 Å². The smallest absolute Gasteiger partial charge is 0.168 e. The molecule has 0 aliphatic carbocycles. The van der Waals surface area contributed by atoms with Gasteiger partial charge < -0.3 is 0 Å². The topological polar surface area (TPSA) is 47.3 Å². The molecule has 0 aliphatic heterocycles. The van der Waals surface area contributed by atoms with Gasteiger partial charge in [0.25, 0.3) is 0 Å². The highest BCUT2D eigenvalue weighted by Crippen LogP contribution is 2.19. The molecule has 0 fully saturated rings. The second-order valence-electron chi connectivity index (χ2n) is 4.20. The molecule has 4 heteroatoms. The second kappa shape index (κ2) is 4.07. The molecule has 0 bridgehead atoms. The van der Waals surface area contributed by atoms with E-state index in [2.05, 4.69) is 10.2 Å². The van der Waals surface area contributed by atoms with E-state index in [1.165, 1.54) is 0 Å². The predicted octanol–water partition coefficient (Wildman–Crippen LogP) is 2.52. The number of aldehydes is 1. The summed E-state index contributed by atoms with van der Waals surface area (Å²) in [5.41, 5.74) is 3.50. The summed E-state index contributed by atoms with van der Waals surface area (Å²) in [5.74, 6) is 0.748. The Hall–Kier alpha value is -2.49. The monoisotopic (exact) mass is 237 g/mol. The molecule has 88 valence electrons. The molecule has 0 N–H and O–H groups in total. The molecule has 3 aromatic rings. The Morgan fingerprint density at radius 2 is 2.06 bits per heavy atom. The van der Waals surface area contributed by atoms with Crippen molar-refractivity contribution in [3.05, 3.63) is 53.7 Å². The summed E-state index contributed by atoms with van der Waals surface area (Å²) in [6.45, 7) is 2.03. The minimum atomic E-state index is 0.608. The first-order valence-corrected chi connectivity index (χ1v) is 5.65. The van der Waals surface area contributed by atoms with Crippen molar-refractivity contribution in [3.63, 3.8) is 0 Å². The average Bonchev–Trinajstić information content (AvgIpc) is 2.81. The van der Waals surface area contributed by atoms with Crippen LogP contribution in [-0.4, -0.2) is 20.9 Å². The molecule has 0 unspecified atom stereocenters. The molecular formula is C14H11N3O. The minimum Gasteiger partial charge on any atom is -0.298 e. The summed E-state index contributed by atoms with van der Waals surface area (Å²) in [6, 6.07) is 11.6. The molecule has 0 spiro atoms. The molecule has 0 atom stereocenters. The molecule has 0 saturated heterocycles. The molecule has 1 aromatic carbocycles. The Kier molecular flexibility index (Phi) is 2.41. The van der Waals surface area contributed by atoms with Crippen molar-refractivity contribution in [1.29, 1.82) is 0 Å². The van der Waals surface area contributed by atoms with Gasteiger partial charge in [0.05, 0.1) is 0 Å². The third kappa shape index (κ3) is 1.68. The maximum atomic E-state index is 10.8. The molecule has 18 heavy (non-hydrogen) atoms. The van der Waals surface area contributed by atoms with E-state index < -0.39 is 0 Å². The largest absolute Gasteiger partial charge is 0.298 e. The lowest BCUT2D eigenvalue weighted by Gasteiger charge is -2.01. The van der Waals surface area contributed by atoms with Crippen molar-refractivity contribution >= 4 is 11.9 Å². The fourth-order valence-electron chi connectivity index (χ4n) is 1.96. The number of benzene rings is 1. The molecule has 2 heterocycles. The van der Waals surface area contributed by atoms with Crippen LogP contribution in [0.5, 0.6) is 0 Å². The van der Waals surface area contributed by atoms with E-state index in [0.717, 1.165) is 28.9 Å². The normalized spacial score (nSPS) is 10.7. The van der Waals surface area contributed by atoms with E-state index in [1.54, 1.807) is 18.3 Å². The van der Waals surface area contributed by atoms with Gasteiger partial charge in [-0.1, -0.05) is 23.8 Å². The average molecular weight is 237 g/mol. The third-order valence-corrected chi connectivity index (χ3v) is 2.84. The summed E-state index contributed by atoms with van der Waals surface area (Å²) in [4.78, 5) is 10.8.